The molecule has 0 spiro atoms. The minimum atomic E-state index is -0.787. The molecule has 0 aliphatic carbocycles. The Morgan fingerprint density at radius 1 is 1.47 bits per heavy atom. The molecule has 1 amide bonds. The molecule has 0 unspecified atom stereocenters. The maximum atomic E-state index is 11.9. The smallest absolute Gasteiger partial charge is 0.311 e. The van der Waals surface area contributed by atoms with Crippen molar-refractivity contribution in [3.05, 3.63) is 0 Å². The number of ether oxygens (including phenoxy) is 1. The van der Waals surface area contributed by atoms with Gasteiger partial charge in [0.25, 0.3) is 0 Å². The number of hydrogen-bond acceptors (Lipinski definition) is 4. The van der Waals surface area contributed by atoms with Crippen LogP contribution in [0.25, 0.3) is 0 Å². The van der Waals surface area contributed by atoms with Gasteiger partial charge in [0.05, 0.1) is 11.2 Å². The molecular formula is C13H23NO4S. The Kier molecular flexibility index (Phi) is 6.65. The molecule has 6 heteroatoms. The molecule has 110 valence electrons. The molecule has 0 saturated carbocycles. The first-order valence-corrected chi connectivity index (χ1v) is 7.94. The highest BCUT2D eigenvalue weighted by atomic mass is 32.2. The number of piperidine rings is 1. The molecule has 5 nitrogen and oxygen atoms in total. The van der Waals surface area contributed by atoms with Gasteiger partial charge in [-0.25, -0.2) is 0 Å². The summed E-state index contributed by atoms with van der Waals surface area (Å²) in [6.45, 7) is 1.58. The van der Waals surface area contributed by atoms with E-state index in [1.54, 1.807) is 12.0 Å². The first-order chi connectivity index (χ1) is 9.05. The predicted molar refractivity (Wildman–Crippen MR) is 75.4 cm³/mol. The zero-order valence-electron chi connectivity index (χ0n) is 11.7. The maximum absolute atomic E-state index is 11.9. The Labute approximate surface area is 118 Å². The predicted octanol–water partition coefficient (Wildman–Crippen LogP) is 1.47. The molecule has 0 aromatic rings. The van der Waals surface area contributed by atoms with Crippen LogP contribution in [0, 0.1) is 5.41 Å². The Balaban J connectivity index is 2.69. The third kappa shape index (κ3) is 4.38. The van der Waals surface area contributed by atoms with Crippen LogP contribution in [0.5, 0.6) is 0 Å². The highest BCUT2D eigenvalue weighted by molar-refractivity contribution is 7.99. The van der Waals surface area contributed by atoms with Crippen LogP contribution >= 0.6 is 11.8 Å². The summed E-state index contributed by atoms with van der Waals surface area (Å²) in [7, 11) is 1.61. The number of amides is 1. The number of hydrogen-bond donors (Lipinski definition) is 1. The van der Waals surface area contributed by atoms with Crippen molar-refractivity contribution < 1.29 is 19.4 Å². The van der Waals surface area contributed by atoms with Gasteiger partial charge in [0.1, 0.15) is 0 Å². The Hall–Kier alpha value is -0.750. The number of rotatable bonds is 7. The molecule has 1 saturated heterocycles. The quantitative estimate of drug-likeness (QED) is 0.719. The van der Waals surface area contributed by atoms with E-state index in [1.165, 1.54) is 11.8 Å². The highest BCUT2D eigenvalue weighted by Gasteiger charge is 2.42. The maximum Gasteiger partial charge on any atom is 0.311 e. The molecule has 1 aliphatic heterocycles. The summed E-state index contributed by atoms with van der Waals surface area (Å²) in [5.41, 5.74) is -0.787. The number of methoxy groups -OCH3 is 1. The standard InChI is InChI=1S/C13H23NO4S/c1-18-8-4-6-13(12(16)17)5-3-7-14(10-13)11(15)9-19-2/h3-10H2,1-2H3,(H,16,17)/t13-/m1/s1. The van der Waals surface area contributed by atoms with Crippen molar-refractivity contribution in [3.8, 4) is 0 Å². The van der Waals surface area contributed by atoms with Gasteiger partial charge in [-0.05, 0) is 31.9 Å². The SMILES string of the molecule is COCCC[C@]1(C(=O)O)CCCN(C(=O)CSC)C1. The number of thioether (sulfide) groups is 1. The fraction of sp³-hybridized carbons (Fsp3) is 0.846. The molecule has 0 aromatic carbocycles. The molecule has 1 fully saturated rings. The van der Waals surface area contributed by atoms with Gasteiger partial charge in [-0.3, -0.25) is 9.59 Å². The third-order valence-electron chi connectivity index (χ3n) is 3.65. The molecule has 1 heterocycles. The van der Waals surface area contributed by atoms with E-state index in [9.17, 15) is 14.7 Å². The minimum Gasteiger partial charge on any atom is -0.481 e. The van der Waals surface area contributed by atoms with Gasteiger partial charge in [0.15, 0.2) is 0 Å². The number of nitrogens with zero attached hydrogens (tertiary/aromatic N) is 1. The summed E-state index contributed by atoms with van der Waals surface area (Å²) in [6, 6.07) is 0. The molecular weight excluding hydrogens is 266 g/mol. The van der Waals surface area contributed by atoms with E-state index < -0.39 is 11.4 Å². The van der Waals surface area contributed by atoms with Crippen molar-refractivity contribution in [1.29, 1.82) is 0 Å². The number of carbonyl (C=O) groups is 2. The van der Waals surface area contributed by atoms with Crippen molar-refractivity contribution in [2.45, 2.75) is 25.7 Å². The number of carboxylic acid groups (broad SMARTS) is 1. The fourth-order valence-corrected chi connectivity index (χ4v) is 3.03. The molecule has 19 heavy (non-hydrogen) atoms. The van der Waals surface area contributed by atoms with Gasteiger partial charge < -0.3 is 14.7 Å². The number of carbonyl (C=O) groups excluding carboxylic acids is 1. The molecule has 1 rings (SSSR count). The molecule has 0 radical (unpaired) electrons. The average molecular weight is 289 g/mol. The first-order valence-electron chi connectivity index (χ1n) is 6.55. The Morgan fingerprint density at radius 2 is 2.21 bits per heavy atom. The topological polar surface area (TPSA) is 66.8 Å². The summed E-state index contributed by atoms with van der Waals surface area (Å²) < 4.78 is 4.99. The summed E-state index contributed by atoms with van der Waals surface area (Å²) in [5, 5.41) is 9.53. The van der Waals surface area contributed by atoms with Crippen LogP contribution in [-0.4, -0.2) is 60.7 Å². The van der Waals surface area contributed by atoms with E-state index in [2.05, 4.69) is 0 Å². The van der Waals surface area contributed by atoms with E-state index in [0.717, 1.165) is 6.42 Å². The summed E-state index contributed by atoms with van der Waals surface area (Å²) in [6.07, 6.45) is 4.58. The van der Waals surface area contributed by atoms with Crippen molar-refractivity contribution >= 4 is 23.6 Å². The van der Waals surface area contributed by atoms with Crippen molar-refractivity contribution in [2.24, 2.45) is 5.41 Å². The van der Waals surface area contributed by atoms with E-state index in [0.29, 0.717) is 44.7 Å². The van der Waals surface area contributed by atoms with E-state index >= 15 is 0 Å². The average Bonchev–Trinajstić information content (AvgIpc) is 2.39. The van der Waals surface area contributed by atoms with Gasteiger partial charge >= 0.3 is 5.97 Å². The van der Waals surface area contributed by atoms with Gasteiger partial charge in [-0.2, -0.15) is 11.8 Å². The van der Waals surface area contributed by atoms with Crippen LogP contribution in [0.4, 0.5) is 0 Å². The lowest BCUT2D eigenvalue weighted by Gasteiger charge is -2.40. The zero-order valence-corrected chi connectivity index (χ0v) is 12.5. The van der Waals surface area contributed by atoms with E-state index in [-0.39, 0.29) is 5.91 Å². The lowest BCUT2D eigenvalue weighted by atomic mass is 9.76. The third-order valence-corrected chi connectivity index (χ3v) is 4.19. The number of carboxylic acids is 1. The largest absolute Gasteiger partial charge is 0.481 e. The monoisotopic (exact) mass is 289 g/mol. The van der Waals surface area contributed by atoms with Gasteiger partial charge in [-0.15, -0.1) is 0 Å². The lowest BCUT2D eigenvalue weighted by Crippen LogP contribution is -2.50. The molecule has 1 N–H and O–H groups in total. The summed E-state index contributed by atoms with van der Waals surface area (Å²) in [5.74, 6) is -0.317. The van der Waals surface area contributed by atoms with Crippen LogP contribution < -0.4 is 0 Å². The Morgan fingerprint density at radius 3 is 2.79 bits per heavy atom. The van der Waals surface area contributed by atoms with Crippen LogP contribution in [0.15, 0.2) is 0 Å². The summed E-state index contributed by atoms with van der Waals surface area (Å²) >= 11 is 1.47. The second-order valence-corrected chi connectivity index (χ2v) is 5.90. The van der Waals surface area contributed by atoms with Crippen LogP contribution in [0.1, 0.15) is 25.7 Å². The molecule has 1 aliphatic rings. The van der Waals surface area contributed by atoms with E-state index in [4.69, 9.17) is 4.74 Å². The van der Waals surface area contributed by atoms with E-state index in [1.807, 2.05) is 6.26 Å². The fourth-order valence-electron chi connectivity index (χ4n) is 2.60. The van der Waals surface area contributed by atoms with Crippen LogP contribution in [0.2, 0.25) is 0 Å². The van der Waals surface area contributed by atoms with Crippen molar-refractivity contribution in [3.63, 3.8) is 0 Å². The van der Waals surface area contributed by atoms with Gasteiger partial charge in [-0.1, -0.05) is 0 Å². The Bertz CT molecular complexity index is 324. The molecule has 0 aromatic heterocycles. The first kappa shape index (κ1) is 16.3. The van der Waals surface area contributed by atoms with Crippen molar-refractivity contribution in [2.75, 3.05) is 38.8 Å². The second-order valence-electron chi connectivity index (χ2n) is 5.03. The number of aliphatic carboxylic acids is 1. The highest BCUT2D eigenvalue weighted by Crippen LogP contribution is 2.35. The zero-order chi connectivity index (χ0) is 14.3. The summed E-state index contributed by atoms with van der Waals surface area (Å²) in [4.78, 5) is 25.2. The van der Waals surface area contributed by atoms with Gasteiger partial charge in [0, 0.05) is 26.8 Å². The normalized spacial score (nSPS) is 23.4. The second kappa shape index (κ2) is 7.75. The van der Waals surface area contributed by atoms with Crippen LogP contribution in [-0.2, 0) is 14.3 Å². The number of likely N-dealkylation sites (tertiary alicyclic amines) is 1. The van der Waals surface area contributed by atoms with Gasteiger partial charge in [0.2, 0.25) is 5.91 Å². The minimum absolute atomic E-state index is 0.0459. The molecule has 0 bridgehead atoms. The van der Waals surface area contributed by atoms with Crippen molar-refractivity contribution in [1.82, 2.24) is 4.90 Å². The molecule has 1 atom stereocenters. The van der Waals surface area contributed by atoms with Crippen LogP contribution in [0.3, 0.4) is 0 Å². The lowest BCUT2D eigenvalue weighted by molar-refractivity contribution is -0.155.